The van der Waals surface area contributed by atoms with Crippen molar-refractivity contribution in [1.82, 2.24) is 19.7 Å². The number of nitrogens with one attached hydrogen (secondary N) is 1. The third-order valence-electron chi connectivity index (χ3n) is 5.27. The lowest BCUT2D eigenvalue weighted by Crippen LogP contribution is -2.32. The number of carbonyl (C=O) groups is 1. The first-order valence-corrected chi connectivity index (χ1v) is 10.4. The predicted octanol–water partition coefficient (Wildman–Crippen LogP) is 3.19. The summed E-state index contributed by atoms with van der Waals surface area (Å²) in [6, 6.07) is 5.73. The molecule has 1 radical (unpaired) electrons. The fraction of sp³-hybridized carbons (Fsp3) is 0.286. The van der Waals surface area contributed by atoms with E-state index in [1.165, 1.54) is 23.3 Å². The van der Waals surface area contributed by atoms with Crippen LogP contribution in [0, 0.1) is 18.7 Å². The molecule has 10 heteroatoms. The Morgan fingerprint density at radius 3 is 2.94 bits per heavy atom. The average molecular weight is 491 g/mol. The molecule has 2 N–H and O–H groups in total. The molecule has 2 heterocycles. The molecular formula is C21H19BrF2N5O2. The minimum Gasteiger partial charge on any atom is -0.390 e. The van der Waals surface area contributed by atoms with E-state index in [4.69, 9.17) is 0 Å². The predicted molar refractivity (Wildman–Crippen MR) is 113 cm³/mol. The van der Waals surface area contributed by atoms with Gasteiger partial charge in [0.25, 0.3) is 0 Å². The van der Waals surface area contributed by atoms with E-state index in [2.05, 4.69) is 43.2 Å². The Hall–Kier alpha value is -2.72. The lowest BCUT2D eigenvalue weighted by Gasteiger charge is -2.18. The van der Waals surface area contributed by atoms with Crippen LogP contribution in [0.1, 0.15) is 28.0 Å². The van der Waals surface area contributed by atoms with Crippen molar-refractivity contribution in [1.29, 1.82) is 0 Å². The Bertz CT molecular complexity index is 1110. The summed E-state index contributed by atoms with van der Waals surface area (Å²) in [5.41, 5.74) is 0.653. The van der Waals surface area contributed by atoms with Crippen LogP contribution in [0.5, 0.6) is 0 Å². The van der Waals surface area contributed by atoms with Crippen molar-refractivity contribution in [2.75, 3.05) is 5.32 Å². The van der Waals surface area contributed by atoms with Gasteiger partial charge < -0.3 is 10.4 Å². The number of hydrogen-bond donors (Lipinski definition) is 2. The van der Waals surface area contributed by atoms with Crippen molar-refractivity contribution < 1.29 is 18.7 Å². The fourth-order valence-electron chi connectivity index (χ4n) is 3.57. The Morgan fingerprint density at radius 1 is 1.39 bits per heavy atom. The van der Waals surface area contributed by atoms with E-state index in [1.54, 1.807) is 24.4 Å². The number of alkyl halides is 1. The molecule has 0 bridgehead atoms. The molecule has 31 heavy (non-hydrogen) atoms. The van der Waals surface area contributed by atoms with Gasteiger partial charge in [-0.25, -0.2) is 18.7 Å². The Morgan fingerprint density at radius 2 is 2.19 bits per heavy atom. The highest BCUT2D eigenvalue weighted by Gasteiger charge is 2.41. The second-order valence-electron chi connectivity index (χ2n) is 7.41. The maximum atomic E-state index is 14.3. The lowest BCUT2D eigenvalue weighted by molar-refractivity contribution is 0.0793. The summed E-state index contributed by atoms with van der Waals surface area (Å²) in [4.78, 5) is 21.0. The number of ketones is 1. The highest BCUT2D eigenvalue weighted by Crippen LogP contribution is 2.31. The van der Waals surface area contributed by atoms with Crippen molar-refractivity contribution >= 4 is 27.5 Å². The van der Waals surface area contributed by atoms with E-state index in [0.717, 1.165) is 0 Å². The molecular weight excluding hydrogens is 472 g/mol. The molecule has 1 saturated carbocycles. The molecule has 1 aromatic carbocycles. The third kappa shape index (κ3) is 4.35. The van der Waals surface area contributed by atoms with Crippen LogP contribution in [0.2, 0.25) is 0 Å². The van der Waals surface area contributed by atoms with Crippen molar-refractivity contribution in [2.45, 2.75) is 31.3 Å². The smallest absolute Gasteiger partial charge is 0.218 e. The van der Waals surface area contributed by atoms with Crippen molar-refractivity contribution in [2.24, 2.45) is 5.92 Å². The number of carbonyl (C=O) groups excluding carboxylic acids is 1. The first-order valence-electron chi connectivity index (χ1n) is 9.58. The Labute approximate surface area is 185 Å². The van der Waals surface area contributed by atoms with Crippen LogP contribution in [0.25, 0.3) is 0 Å². The second-order valence-corrected chi connectivity index (χ2v) is 8.26. The van der Waals surface area contributed by atoms with Gasteiger partial charge in [-0.1, -0.05) is 12.1 Å². The zero-order valence-electron chi connectivity index (χ0n) is 16.3. The molecule has 0 aliphatic heterocycles. The van der Waals surface area contributed by atoms with Crippen LogP contribution >= 0.6 is 15.9 Å². The summed E-state index contributed by atoms with van der Waals surface area (Å²) in [7, 11) is 0. The van der Waals surface area contributed by atoms with E-state index in [-0.39, 0.29) is 23.6 Å². The van der Waals surface area contributed by atoms with Gasteiger partial charge in [-0.2, -0.15) is 5.10 Å². The van der Waals surface area contributed by atoms with Crippen LogP contribution in [0.15, 0.2) is 47.5 Å². The second kappa shape index (κ2) is 8.80. The molecule has 4 atom stereocenters. The van der Waals surface area contributed by atoms with Crippen molar-refractivity contribution in [3.63, 3.8) is 0 Å². The number of benzene rings is 1. The molecule has 0 spiro atoms. The SMILES string of the molecule is [CH2][C@@H]1C[C@@H](Nc2ncncc2C(=O)c2ccn(Cc3cccc(Br)c3F)n2)[C@@H](F)[C@@H]1O. The highest BCUT2D eigenvalue weighted by molar-refractivity contribution is 9.10. The van der Waals surface area contributed by atoms with E-state index >= 15 is 0 Å². The lowest BCUT2D eigenvalue weighted by atomic mass is 10.1. The van der Waals surface area contributed by atoms with Crippen molar-refractivity contribution in [3.8, 4) is 0 Å². The maximum Gasteiger partial charge on any atom is 0.218 e. The minimum absolute atomic E-state index is 0.117. The molecule has 1 aliphatic rings. The molecule has 0 saturated heterocycles. The summed E-state index contributed by atoms with van der Waals surface area (Å²) in [5, 5.41) is 16.9. The van der Waals surface area contributed by atoms with Crippen LogP contribution < -0.4 is 5.32 Å². The summed E-state index contributed by atoms with van der Waals surface area (Å²) in [6.45, 7) is 3.88. The normalized spacial score (nSPS) is 23.1. The van der Waals surface area contributed by atoms with Gasteiger partial charge in [-0.15, -0.1) is 0 Å². The van der Waals surface area contributed by atoms with Gasteiger partial charge in [0.2, 0.25) is 5.78 Å². The standard InChI is InChI=1S/C21H19BrF2N5O2/c1-11-7-16(18(24)19(11)30)27-21-13(8-25-10-26-21)20(31)15-5-6-29(28-15)9-12-3-2-4-14(22)17(12)23/h2-6,8,10-11,16,18-19,30H,1,7,9H2,(H,25,26,27)/t11-,16-,18-,19-/m1/s1. The number of rotatable bonds is 6. The first-order chi connectivity index (χ1) is 14.8. The van der Waals surface area contributed by atoms with Gasteiger partial charge >= 0.3 is 0 Å². The van der Waals surface area contributed by atoms with E-state index < -0.39 is 35.8 Å². The molecule has 1 aliphatic carbocycles. The molecule has 7 nitrogen and oxygen atoms in total. The molecule has 2 aromatic heterocycles. The Kier molecular flexibility index (Phi) is 6.10. The van der Waals surface area contributed by atoms with Crippen LogP contribution in [0.4, 0.5) is 14.6 Å². The maximum absolute atomic E-state index is 14.3. The average Bonchev–Trinajstić information content (AvgIpc) is 3.32. The molecule has 1 fully saturated rings. The van der Waals surface area contributed by atoms with Gasteiger partial charge in [0, 0.05) is 18.0 Å². The number of halogens is 3. The monoisotopic (exact) mass is 490 g/mol. The zero-order chi connectivity index (χ0) is 22.1. The minimum atomic E-state index is -1.53. The van der Waals surface area contributed by atoms with E-state index in [0.29, 0.717) is 16.5 Å². The number of aliphatic hydroxyl groups is 1. The van der Waals surface area contributed by atoms with Gasteiger partial charge in [-0.3, -0.25) is 9.48 Å². The van der Waals surface area contributed by atoms with Crippen LogP contribution in [-0.2, 0) is 6.54 Å². The molecule has 4 rings (SSSR count). The number of aliphatic hydroxyl groups excluding tert-OH is 1. The molecule has 161 valence electrons. The van der Waals surface area contributed by atoms with E-state index in [9.17, 15) is 18.7 Å². The van der Waals surface area contributed by atoms with Crippen LogP contribution in [-0.4, -0.2) is 49.0 Å². The van der Waals surface area contributed by atoms with Gasteiger partial charge in [0.05, 0.1) is 28.7 Å². The Balaban J connectivity index is 1.54. The number of anilines is 1. The van der Waals surface area contributed by atoms with Gasteiger partial charge in [-0.05, 0) is 47.3 Å². The van der Waals surface area contributed by atoms with E-state index in [1.807, 2.05) is 0 Å². The number of hydrogen-bond acceptors (Lipinski definition) is 6. The first kappa shape index (κ1) is 21.5. The number of nitrogens with zero attached hydrogens (tertiary/aromatic N) is 4. The number of aromatic nitrogens is 4. The molecule has 3 aromatic rings. The largest absolute Gasteiger partial charge is 0.390 e. The van der Waals surface area contributed by atoms with Gasteiger partial charge in [0.15, 0.2) is 0 Å². The van der Waals surface area contributed by atoms with Gasteiger partial charge in [0.1, 0.15) is 29.8 Å². The fourth-order valence-corrected chi connectivity index (χ4v) is 3.98. The third-order valence-corrected chi connectivity index (χ3v) is 5.88. The van der Waals surface area contributed by atoms with Crippen LogP contribution in [0.3, 0.4) is 0 Å². The topological polar surface area (TPSA) is 92.9 Å². The zero-order valence-corrected chi connectivity index (χ0v) is 17.8. The quantitative estimate of drug-likeness (QED) is 0.515. The van der Waals surface area contributed by atoms with Crippen molar-refractivity contribution in [3.05, 3.63) is 77.0 Å². The summed E-state index contributed by atoms with van der Waals surface area (Å²) >= 11 is 3.15. The molecule has 0 amide bonds. The summed E-state index contributed by atoms with van der Waals surface area (Å²) in [5.74, 6) is -1.15. The highest BCUT2D eigenvalue weighted by atomic mass is 79.9. The summed E-state index contributed by atoms with van der Waals surface area (Å²) in [6.07, 6.45) is 1.74. The molecule has 0 unspecified atom stereocenters. The summed E-state index contributed by atoms with van der Waals surface area (Å²) < 4.78 is 30.3.